The minimum Gasteiger partial charge on any atom is -0.0602 e. The molecule has 1 aliphatic rings. The molecule has 0 saturated carbocycles. The molecule has 59 heavy (non-hydrogen) atoms. The Morgan fingerprint density at radius 1 is 0.542 bits per heavy atom. The van der Waals surface area contributed by atoms with Crippen molar-refractivity contribution in [2.24, 2.45) is 0 Å². The van der Waals surface area contributed by atoms with E-state index in [0.29, 0.717) is 0 Å². The number of hydrogen-bond donors (Lipinski definition) is 0. The van der Waals surface area contributed by atoms with E-state index in [4.69, 9.17) is 4.42 Å². The van der Waals surface area contributed by atoms with Gasteiger partial charge in [0.05, 0.1) is 0 Å². The van der Waals surface area contributed by atoms with Gasteiger partial charge in [-0.25, -0.2) is 0 Å². The van der Waals surface area contributed by atoms with Crippen molar-refractivity contribution in [2.45, 2.75) is 15.5 Å². The van der Waals surface area contributed by atoms with E-state index in [-0.39, 0.29) is 0 Å². The number of benzene rings is 9. The third kappa shape index (κ3) is 5.80. The maximum absolute atomic E-state index is 6.86. The third-order valence-corrected chi connectivity index (χ3v) is 17.8. The van der Waals surface area contributed by atoms with Crippen molar-refractivity contribution in [1.82, 2.24) is 4.57 Å². The molecule has 0 fully saturated rings. The van der Waals surface area contributed by atoms with E-state index in [9.17, 15) is 0 Å². The summed E-state index contributed by atoms with van der Waals surface area (Å²) in [6, 6.07) is 71.1. The van der Waals surface area contributed by atoms with Crippen LogP contribution in [0, 0.1) is 3.57 Å². The zero-order valence-electron chi connectivity index (χ0n) is 31.7. The first-order valence-electron chi connectivity index (χ1n) is 19.8. The molecule has 0 radical (unpaired) electrons. The molecule has 2 aromatic heterocycles. The van der Waals surface area contributed by atoms with Crippen LogP contribution >= 0.6 is 20.7 Å². The standard InChI is InChI=1S/C53H34IN2OS2/c1-2-17-36(18-3-1)55-44-24-8-5-19-38(44)42-32-37(30-31-45(42)55)56(47-26-13-22-40-39-20-6-9-27-48(39)57-53(40)47)46-25-10-16-35-33-58-49-28-11-14-34-15-12-29-50(52(34)49)59-54-43-23-7-4-21-41(43)51(35)46/h1-32H,33H2/q-1. The quantitative estimate of drug-likeness (QED) is 0.164. The van der Waals surface area contributed by atoms with E-state index >= 15 is 0 Å². The average molecular weight is 906 g/mol. The van der Waals surface area contributed by atoms with Crippen LogP contribution in [0.3, 0.4) is 0 Å². The topological polar surface area (TPSA) is 21.3 Å². The molecule has 9 aromatic carbocycles. The van der Waals surface area contributed by atoms with Gasteiger partial charge in [-0.15, -0.1) is 0 Å². The molecule has 1 aliphatic heterocycles. The molecule has 0 aliphatic carbocycles. The van der Waals surface area contributed by atoms with Crippen molar-refractivity contribution in [3.63, 3.8) is 0 Å². The second kappa shape index (κ2) is 14.4. The van der Waals surface area contributed by atoms with E-state index < -0.39 is 19.8 Å². The second-order valence-electron chi connectivity index (χ2n) is 14.8. The normalized spacial score (nSPS) is 12.9. The predicted molar refractivity (Wildman–Crippen MR) is 246 cm³/mol. The average Bonchev–Trinajstić information content (AvgIpc) is 3.83. The molecule has 0 saturated heterocycles. The number of anilines is 3. The summed E-state index contributed by atoms with van der Waals surface area (Å²) in [4.78, 5) is 5.18. The summed E-state index contributed by atoms with van der Waals surface area (Å²) >= 11 is 1.49. The van der Waals surface area contributed by atoms with Crippen molar-refractivity contribution in [3.8, 4) is 16.8 Å². The fourth-order valence-corrected chi connectivity index (χ4v) is 15.1. The van der Waals surface area contributed by atoms with Crippen LogP contribution in [0.15, 0.2) is 208 Å². The molecule has 0 unspecified atom stereocenters. The van der Waals surface area contributed by atoms with Gasteiger partial charge in [0, 0.05) is 0 Å². The molecule has 3 nitrogen and oxygen atoms in total. The van der Waals surface area contributed by atoms with Gasteiger partial charge in [0.15, 0.2) is 0 Å². The van der Waals surface area contributed by atoms with Gasteiger partial charge in [0.1, 0.15) is 0 Å². The Kier molecular flexibility index (Phi) is 8.56. The summed E-state index contributed by atoms with van der Waals surface area (Å²) in [5, 5.41) is 7.34. The van der Waals surface area contributed by atoms with Crippen LogP contribution < -0.4 is 24.7 Å². The Labute approximate surface area is 359 Å². The number of aromatic nitrogens is 1. The van der Waals surface area contributed by atoms with Crippen molar-refractivity contribution in [3.05, 3.63) is 203 Å². The summed E-state index contributed by atoms with van der Waals surface area (Å²) in [7, 11) is 2.04. The van der Waals surface area contributed by atoms with Gasteiger partial charge >= 0.3 is 343 Å². The van der Waals surface area contributed by atoms with Gasteiger partial charge in [-0.1, -0.05) is 18.2 Å². The molecule has 0 atom stereocenters. The summed E-state index contributed by atoms with van der Waals surface area (Å²) < 4.78 is 10.7. The van der Waals surface area contributed by atoms with Crippen LogP contribution in [0.4, 0.5) is 17.1 Å². The number of nitrogens with zero attached hydrogens (tertiary/aromatic N) is 2. The SMILES string of the molecule is c1ccc(-n2c3ccccc3c3cc(N(c4cccc5c4-c4ccccc4[I-]Sc4cccc6cccc(c46)SC5)c4cccc5c4oc4ccccc45)ccc32)cc1. The molecule has 0 bridgehead atoms. The fourth-order valence-electron chi connectivity index (χ4n) is 8.90. The van der Waals surface area contributed by atoms with Crippen LogP contribution in [-0.2, 0) is 5.75 Å². The Morgan fingerprint density at radius 2 is 1.25 bits per heavy atom. The summed E-state index contributed by atoms with van der Waals surface area (Å²) in [5.41, 5.74) is 12.4. The molecule has 0 N–H and O–H groups in total. The summed E-state index contributed by atoms with van der Waals surface area (Å²) in [6.45, 7) is 0. The van der Waals surface area contributed by atoms with Crippen molar-refractivity contribution < 1.29 is 24.2 Å². The van der Waals surface area contributed by atoms with E-state index in [0.717, 1.165) is 50.4 Å². The van der Waals surface area contributed by atoms with Crippen LogP contribution in [0.5, 0.6) is 0 Å². The monoisotopic (exact) mass is 905 g/mol. The Bertz CT molecular complexity index is 3420. The molecular formula is C53H34IN2OS2-. The van der Waals surface area contributed by atoms with E-state index in [2.05, 4.69) is 204 Å². The second-order valence-corrected chi connectivity index (χ2v) is 20.4. The zero-order chi connectivity index (χ0) is 38.9. The summed E-state index contributed by atoms with van der Waals surface area (Å²) in [6.07, 6.45) is 0. The number of hydrogen-bond acceptors (Lipinski definition) is 4. The minimum absolute atomic E-state index is 0.454. The van der Waals surface area contributed by atoms with Crippen molar-refractivity contribution in [2.75, 3.05) is 4.90 Å². The zero-order valence-corrected chi connectivity index (χ0v) is 35.5. The Hall–Kier alpha value is -5.93. The van der Waals surface area contributed by atoms with Gasteiger partial charge in [0.25, 0.3) is 0 Å². The molecule has 282 valence electrons. The molecule has 12 rings (SSSR count). The van der Waals surface area contributed by atoms with Gasteiger partial charge in [-0.05, 0) is 0 Å². The van der Waals surface area contributed by atoms with Crippen molar-refractivity contribution >= 4 is 92.3 Å². The first-order valence-corrected chi connectivity index (χ1v) is 25.2. The number of halogens is 1. The van der Waals surface area contributed by atoms with Crippen molar-refractivity contribution in [1.29, 1.82) is 0 Å². The van der Waals surface area contributed by atoms with Gasteiger partial charge in [-0.2, -0.15) is 0 Å². The predicted octanol–water partition coefficient (Wildman–Crippen LogP) is 12.5. The number of thioether (sulfide) groups is 1. The maximum atomic E-state index is 6.86. The number of fused-ring (bicyclic) bond motifs is 9. The molecule has 6 heteroatoms. The first-order chi connectivity index (χ1) is 29.3. The van der Waals surface area contributed by atoms with Crippen LogP contribution in [0.25, 0.3) is 71.3 Å². The fraction of sp³-hybridized carbons (Fsp3) is 0.0189. The van der Waals surface area contributed by atoms with E-state index in [1.54, 1.807) is 0 Å². The van der Waals surface area contributed by atoms with E-state index in [1.807, 2.05) is 20.7 Å². The van der Waals surface area contributed by atoms with Crippen LogP contribution in [0.2, 0.25) is 0 Å². The smallest absolute Gasteiger partial charge is 0.0602 e. The molecular weight excluding hydrogens is 872 g/mol. The molecule has 0 spiro atoms. The number of para-hydroxylation sites is 4. The van der Waals surface area contributed by atoms with Gasteiger partial charge in [0.2, 0.25) is 0 Å². The summed E-state index contributed by atoms with van der Waals surface area (Å²) in [5.74, 6) is 0.834. The molecule has 11 aromatic rings. The minimum atomic E-state index is -0.454. The van der Waals surface area contributed by atoms with E-state index in [1.165, 1.54) is 62.6 Å². The van der Waals surface area contributed by atoms with Gasteiger partial charge < -0.3 is 0 Å². The molecule has 3 heterocycles. The Balaban J connectivity index is 1.14. The number of furan rings is 1. The molecule has 0 amide bonds. The van der Waals surface area contributed by atoms with Gasteiger partial charge in [-0.3, -0.25) is 0 Å². The van der Waals surface area contributed by atoms with Crippen LogP contribution in [0.1, 0.15) is 5.56 Å². The Morgan fingerprint density at radius 3 is 2.17 bits per heavy atom. The first kappa shape index (κ1) is 35.1. The third-order valence-electron chi connectivity index (χ3n) is 11.5. The number of rotatable bonds is 4. The van der Waals surface area contributed by atoms with Crippen LogP contribution in [-0.4, -0.2) is 4.57 Å².